The van der Waals surface area contributed by atoms with Crippen molar-refractivity contribution in [2.75, 3.05) is 45.9 Å². The summed E-state index contributed by atoms with van der Waals surface area (Å²) >= 11 is 6.15. The summed E-state index contributed by atoms with van der Waals surface area (Å²) in [6, 6.07) is 8.56. The first kappa shape index (κ1) is 23.6. The van der Waals surface area contributed by atoms with E-state index < -0.39 is 0 Å². The molecule has 1 N–H and O–H groups in total. The third-order valence-corrected chi connectivity index (χ3v) is 6.39. The van der Waals surface area contributed by atoms with Gasteiger partial charge >= 0.3 is 0 Å². The van der Waals surface area contributed by atoms with Gasteiger partial charge in [-0.05, 0) is 43.9 Å². The van der Waals surface area contributed by atoms with Crippen LogP contribution < -0.4 is 5.32 Å². The summed E-state index contributed by atoms with van der Waals surface area (Å²) < 4.78 is 5.37. The van der Waals surface area contributed by atoms with Crippen LogP contribution in [-0.4, -0.2) is 73.6 Å². The zero-order valence-corrected chi connectivity index (χ0v) is 20.6. The summed E-state index contributed by atoms with van der Waals surface area (Å²) in [7, 11) is 0. The molecule has 8 heteroatoms. The van der Waals surface area contributed by atoms with Crippen molar-refractivity contribution >= 4 is 47.4 Å². The molecule has 2 heterocycles. The lowest BCUT2D eigenvalue weighted by atomic mass is 9.95. The highest BCUT2D eigenvalue weighted by atomic mass is 127. The monoisotopic (exact) mass is 546 g/mol. The van der Waals surface area contributed by atoms with E-state index in [1.165, 1.54) is 5.56 Å². The minimum atomic E-state index is 0. The maximum absolute atomic E-state index is 12.8. The molecule has 3 fully saturated rings. The first-order valence-corrected chi connectivity index (χ1v) is 11.2. The van der Waals surface area contributed by atoms with E-state index in [0.717, 1.165) is 63.0 Å². The number of hydrogen-bond donors (Lipinski definition) is 1. The molecule has 4 rings (SSSR count). The quantitative estimate of drug-likeness (QED) is 0.358. The summed E-state index contributed by atoms with van der Waals surface area (Å²) in [5.74, 6) is 1.92. The molecule has 0 bridgehead atoms. The Labute approximate surface area is 201 Å². The first-order chi connectivity index (χ1) is 14.2. The molecule has 2 unspecified atom stereocenters. The van der Waals surface area contributed by atoms with E-state index in [2.05, 4.69) is 29.3 Å². The number of carbonyl (C=O) groups is 1. The summed E-state index contributed by atoms with van der Waals surface area (Å²) in [6.07, 6.45) is 2.89. The maximum atomic E-state index is 12.8. The maximum Gasteiger partial charge on any atom is 0.225 e. The van der Waals surface area contributed by atoms with Gasteiger partial charge in [0.25, 0.3) is 0 Å². The lowest BCUT2D eigenvalue weighted by Gasteiger charge is -2.37. The van der Waals surface area contributed by atoms with E-state index in [4.69, 9.17) is 21.3 Å². The molecule has 6 nitrogen and oxygen atoms in total. The molecule has 1 saturated carbocycles. The number of amides is 1. The second-order valence-corrected chi connectivity index (χ2v) is 8.58. The minimum absolute atomic E-state index is 0. The second-order valence-electron chi connectivity index (χ2n) is 8.14. The van der Waals surface area contributed by atoms with Gasteiger partial charge < -0.3 is 19.9 Å². The van der Waals surface area contributed by atoms with E-state index in [-0.39, 0.29) is 29.9 Å². The number of hydrogen-bond acceptors (Lipinski definition) is 3. The fourth-order valence-electron chi connectivity index (χ4n) is 4.39. The van der Waals surface area contributed by atoms with E-state index in [0.29, 0.717) is 31.1 Å². The predicted octanol–water partition coefficient (Wildman–Crippen LogP) is 3.35. The number of aliphatic imine (C=N–C) groups is 1. The van der Waals surface area contributed by atoms with Crippen LogP contribution in [0.25, 0.3) is 0 Å². The van der Waals surface area contributed by atoms with Crippen LogP contribution in [0, 0.1) is 5.92 Å². The van der Waals surface area contributed by atoms with Crippen molar-refractivity contribution in [2.24, 2.45) is 10.9 Å². The number of benzene rings is 1. The molecule has 2 saturated heterocycles. The average molecular weight is 547 g/mol. The van der Waals surface area contributed by atoms with Gasteiger partial charge in [0, 0.05) is 55.6 Å². The van der Waals surface area contributed by atoms with E-state index in [1.54, 1.807) is 0 Å². The van der Waals surface area contributed by atoms with E-state index in [1.807, 2.05) is 17.0 Å². The predicted molar refractivity (Wildman–Crippen MR) is 131 cm³/mol. The molecule has 1 aromatic rings. The molecule has 1 aromatic carbocycles. The van der Waals surface area contributed by atoms with Crippen LogP contribution in [0.5, 0.6) is 0 Å². The summed E-state index contributed by atoms with van der Waals surface area (Å²) in [5.41, 5.74) is 1.29. The van der Waals surface area contributed by atoms with Crippen molar-refractivity contribution in [3.8, 4) is 0 Å². The number of likely N-dealkylation sites (tertiary alicyclic amines) is 1. The Hall–Kier alpha value is -1.06. The Balaban J connectivity index is 0.00000256. The second kappa shape index (κ2) is 11.0. The molecule has 2 atom stereocenters. The Morgan fingerprint density at radius 1 is 1.20 bits per heavy atom. The Bertz CT molecular complexity index is 748. The van der Waals surface area contributed by atoms with E-state index >= 15 is 0 Å². The van der Waals surface area contributed by atoms with Crippen molar-refractivity contribution in [3.63, 3.8) is 0 Å². The van der Waals surface area contributed by atoms with Crippen molar-refractivity contribution in [3.05, 3.63) is 34.9 Å². The van der Waals surface area contributed by atoms with Crippen molar-refractivity contribution in [2.45, 2.75) is 38.1 Å². The average Bonchev–Trinajstić information content (AvgIpc) is 3.53. The zero-order valence-electron chi connectivity index (χ0n) is 17.6. The van der Waals surface area contributed by atoms with Crippen LogP contribution in [-0.2, 0) is 9.53 Å². The Morgan fingerprint density at radius 3 is 2.60 bits per heavy atom. The highest BCUT2D eigenvalue weighted by molar-refractivity contribution is 14.0. The third-order valence-electron chi connectivity index (χ3n) is 6.16. The van der Waals surface area contributed by atoms with Gasteiger partial charge in [-0.15, -0.1) is 24.0 Å². The number of ether oxygens (including phenoxy) is 1. The van der Waals surface area contributed by atoms with Gasteiger partial charge in [0.2, 0.25) is 5.91 Å². The van der Waals surface area contributed by atoms with Crippen LogP contribution in [0.1, 0.15) is 37.7 Å². The molecule has 2 aliphatic heterocycles. The number of guanidine groups is 1. The molecule has 1 aliphatic carbocycles. The first-order valence-electron chi connectivity index (χ1n) is 10.8. The standard InChI is InChI=1S/C22H31ClN4O2.HI/c1-2-24-22(25-20-15-19(20)17-4-3-5-18(23)14-17)27-8-6-16(7-9-27)21(28)26-10-12-29-13-11-26;/h3-5,14,16,19-20H,2,6-13,15H2,1H3,(H,24,25);1H. The smallest absolute Gasteiger partial charge is 0.225 e. The lowest BCUT2D eigenvalue weighted by molar-refractivity contribution is -0.140. The highest BCUT2D eigenvalue weighted by Gasteiger charge is 2.40. The van der Waals surface area contributed by atoms with Crippen LogP contribution in [0.2, 0.25) is 5.02 Å². The number of nitrogens with zero attached hydrogens (tertiary/aromatic N) is 3. The number of halogens is 2. The van der Waals surface area contributed by atoms with Gasteiger partial charge in [0.1, 0.15) is 0 Å². The molecular weight excluding hydrogens is 515 g/mol. The molecule has 166 valence electrons. The van der Waals surface area contributed by atoms with Crippen molar-refractivity contribution in [1.82, 2.24) is 15.1 Å². The van der Waals surface area contributed by atoms with Gasteiger partial charge in [0.05, 0.1) is 13.2 Å². The number of nitrogens with one attached hydrogen (secondary N) is 1. The highest BCUT2D eigenvalue weighted by Crippen LogP contribution is 2.41. The number of morpholine rings is 1. The van der Waals surface area contributed by atoms with Gasteiger partial charge in [-0.1, -0.05) is 23.7 Å². The van der Waals surface area contributed by atoms with Crippen molar-refractivity contribution in [1.29, 1.82) is 0 Å². The van der Waals surface area contributed by atoms with Crippen LogP contribution in [0.3, 0.4) is 0 Å². The van der Waals surface area contributed by atoms with Crippen molar-refractivity contribution < 1.29 is 9.53 Å². The Kier molecular flexibility index (Phi) is 8.65. The van der Waals surface area contributed by atoms with Crippen LogP contribution in [0.15, 0.2) is 29.3 Å². The number of carbonyl (C=O) groups excluding carboxylic acids is 1. The number of rotatable bonds is 4. The Morgan fingerprint density at radius 2 is 1.93 bits per heavy atom. The molecule has 1 amide bonds. The van der Waals surface area contributed by atoms with Crippen LogP contribution >= 0.6 is 35.6 Å². The van der Waals surface area contributed by atoms with Gasteiger partial charge in [0.15, 0.2) is 5.96 Å². The molecule has 3 aliphatic rings. The summed E-state index contributed by atoms with van der Waals surface area (Å²) in [6.45, 7) is 7.36. The minimum Gasteiger partial charge on any atom is -0.378 e. The SMILES string of the molecule is CCN=C(NC1CC1c1cccc(Cl)c1)N1CCC(C(=O)N2CCOCC2)CC1.I. The third kappa shape index (κ3) is 5.79. The molecular formula is C22H32ClIN4O2. The summed E-state index contributed by atoms with van der Waals surface area (Å²) in [5, 5.41) is 4.45. The normalized spacial score (nSPS) is 24.9. The van der Waals surface area contributed by atoms with Gasteiger partial charge in [-0.2, -0.15) is 0 Å². The largest absolute Gasteiger partial charge is 0.378 e. The van der Waals surface area contributed by atoms with E-state index in [9.17, 15) is 4.79 Å². The fourth-order valence-corrected chi connectivity index (χ4v) is 4.59. The zero-order chi connectivity index (χ0) is 20.2. The topological polar surface area (TPSA) is 57.2 Å². The molecule has 0 spiro atoms. The van der Waals surface area contributed by atoms with Gasteiger partial charge in [-0.25, -0.2) is 0 Å². The molecule has 0 radical (unpaired) electrons. The summed E-state index contributed by atoms with van der Waals surface area (Å²) in [4.78, 5) is 21.8. The molecule has 0 aromatic heterocycles. The fraction of sp³-hybridized carbons (Fsp3) is 0.636. The van der Waals surface area contributed by atoms with Gasteiger partial charge in [-0.3, -0.25) is 9.79 Å². The van der Waals surface area contributed by atoms with Crippen LogP contribution in [0.4, 0.5) is 0 Å². The number of piperidine rings is 1. The molecule has 30 heavy (non-hydrogen) atoms. The lowest BCUT2D eigenvalue weighted by Crippen LogP contribution is -2.50.